The fourth-order valence-electron chi connectivity index (χ4n) is 2.38. The van der Waals surface area contributed by atoms with Gasteiger partial charge in [-0.25, -0.2) is 0 Å². The molecule has 94 valence electrons. The third-order valence-corrected chi connectivity index (χ3v) is 3.71. The highest BCUT2D eigenvalue weighted by atomic mass is 35.5. The zero-order valence-electron chi connectivity index (χ0n) is 10.3. The number of hydrogen-bond acceptors (Lipinski definition) is 2. The van der Waals surface area contributed by atoms with Gasteiger partial charge in [0.15, 0.2) is 0 Å². The molecule has 1 heterocycles. The van der Waals surface area contributed by atoms with E-state index in [4.69, 9.17) is 16.3 Å². The van der Waals surface area contributed by atoms with Gasteiger partial charge in [-0.05, 0) is 49.9 Å². The molecule has 0 aliphatic carbocycles. The number of rotatable bonds is 4. The van der Waals surface area contributed by atoms with Gasteiger partial charge in [0.05, 0.1) is 12.1 Å². The first-order chi connectivity index (χ1) is 8.29. The first-order valence-electron chi connectivity index (χ1n) is 6.35. The molecule has 0 saturated carbocycles. The van der Waals surface area contributed by atoms with E-state index in [9.17, 15) is 0 Å². The minimum atomic E-state index is 0.685. The molecule has 17 heavy (non-hydrogen) atoms. The van der Waals surface area contributed by atoms with Gasteiger partial charge in [0.1, 0.15) is 5.75 Å². The lowest BCUT2D eigenvalue weighted by atomic mass is 9.98. The monoisotopic (exact) mass is 253 g/mol. The van der Waals surface area contributed by atoms with Crippen LogP contribution in [0, 0.1) is 0 Å². The molecule has 2 nitrogen and oxygen atoms in total. The van der Waals surface area contributed by atoms with E-state index in [-0.39, 0.29) is 0 Å². The molecule has 3 heteroatoms. The van der Waals surface area contributed by atoms with Crippen LogP contribution in [-0.4, -0.2) is 19.7 Å². The summed E-state index contributed by atoms with van der Waals surface area (Å²) in [5.41, 5.74) is 1.29. The summed E-state index contributed by atoms with van der Waals surface area (Å²) < 4.78 is 5.15. The predicted octanol–water partition coefficient (Wildman–Crippen LogP) is 3.42. The van der Waals surface area contributed by atoms with Crippen molar-refractivity contribution in [2.24, 2.45) is 0 Å². The third kappa shape index (κ3) is 3.62. The molecule has 1 aromatic carbocycles. The lowest BCUT2D eigenvalue weighted by molar-refractivity contribution is 0.382. The van der Waals surface area contributed by atoms with Gasteiger partial charge in [-0.15, -0.1) is 0 Å². The van der Waals surface area contributed by atoms with Gasteiger partial charge >= 0.3 is 0 Å². The highest BCUT2D eigenvalue weighted by Gasteiger charge is 2.12. The summed E-state index contributed by atoms with van der Waals surface area (Å²) in [6, 6.07) is 6.76. The summed E-state index contributed by atoms with van der Waals surface area (Å²) in [7, 11) is 1.65. The summed E-state index contributed by atoms with van der Waals surface area (Å²) >= 11 is 6.11. The van der Waals surface area contributed by atoms with Gasteiger partial charge in [0, 0.05) is 6.04 Å². The fraction of sp³-hybridized carbons (Fsp3) is 0.571. The van der Waals surface area contributed by atoms with E-state index < -0.39 is 0 Å². The Morgan fingerprint density at radius 1 is 1.41 bits per heavy atom. The maximum absolute atomic E-state index is 6.11. The molecule has 2 rings (SSSR count). The average molecular weight is 254 g/mol. The van der Waals surface area contributed by atoms with E-state index in [1.54, 1.807) is 7.11 Å². The second-order valence-electron chi connectivity index (χ2n) is 4.65. The number of piperidine rings is 1. The number of ether oxygens (including phenoxy) is 1. The van der Waals surface area contributed by atoms with E-state index in [1.165, 1.54) is 37.8 Å². The number of hydrogen-bond donors (Lipinski definition) is 1. The highest BCUT2D eigenvalue weighted by Crippen LogP contribution is 2.25. The van der Waals surface area contributed by atoms with Crippen LogP contribution in [-0.2, 0) is 6.42 Å². The van der Waals surface area contributed by atoms with Crippen LogP contribution in [0.5, 0.6) is 5.75 Å². The van der Waals surface area contributed by atoms with Crippen LogP contribution in [0.3, 0.4) is 0 Å². The quantitative estimate of drug-likeness (QED) is 0.888. The molecule has 1 aliphatic rings. The van der Waals surface area contributed by atoms with Crippen LogP contribution in [0.2, 0.25) is 5.02 Å². The Morgan fingerprint density at radius 3 is 2.94 bits per heavy atom. The van der Waals surface area contributed by atoms with Crippen molar-refractivity contribution in [1.82, 2.24) is 5.32 Å². The number of nitrogens with one attached hydrogen (secondary N) is 1. The summed E-state index contributed by atoms with van der Waals surface area (Å²) in [5.74, 6) is 0.756. The Hall–Kier alpha value is -0.730. The highest BCUT2D eigenvalue weighted by molar-refractivity contribution is 6.32. The van der Waals surface area contributed by atoms with Crippen LogP contribution >= 0.6 is 11.6 Å². The number of halogens is 1. The van der Waals surface area contributed by atoms with Crippen LogP contribution in [0.4, 0.5) is 0 Å². The minimum absolute atomic E-state index is 0.685. The van der Waals surface area contributed by atoms with Crippen molar-refractivity contribution in [2.45, 2.75) is 38.1 Å². The maximum atomic E-state index is 6.11. The summed E-state index contributed by atoms with van der Waals surface area (Å²) in [4.78, 5) is 0. The Kier molecular flexibility index (Phi) is 4.69. The summed E-state index contributed by atoms with van der Waals surface area (Å²) in [5, 5.41) is 4.28. The molecule has 1 saturated heterocycles. The van der Waals surface area contributed by atoms with Gasteiger partial charge in [-0.1, -0.05) is 24.1 Å². The lowest BCUT2D eigenvalue weighted by Crippen LogP contribution is -2.34. The van der Waals surface area contributed by atoms with Crippen molar-refractivity contribution in [3.8, 4) is 5.75 Å². The van der Waals surface area contributed by atoms with E-state index in [0.29, 0.717) is 11.1 Å². The van der Waals surface area contributed by atoms with Crippen LogP contribution < -0.4 is 10.1 Å². The SMILES string of the molecule is COc1ccc(CCC2CCCCN2)cc1Cl. The van der Waals surface area contributed by atoms with Crippen molar-refractivity contribution >= 4 is 11.6 Å². The summed E-state index contributed by atoms with van der Waals surface area (Å²) in [6.07, 6.45) is 6.28. The van der Waals surface area contributed by atoms with Gasteiger partial charge in [-0.3, -0.25) is 0 Å². The van der Waals surface area contributed by atoms with Crippen molar-refractivity contribution in [2.75, 3.05) is 13.7 Å². The Labute approximate surface area is 108 Å². The van der Waals surface area contributed by atoms with Gasteiger partial charge < -0.3 is 10.1 Å². The topological polar surface area (TPSA) is 21.3 Å². The largest absolute Gasteiger partial charge is 0.495 e. The normalized spacial score (nSPS) is 20.2. The first kappa shape index (κ1) is 12.7. The van der Waals surface area contributed by atoms with E-state index >= 15 is 0 Å². The smallest absolute Gasteiger partial charge is 0.137 e. The molecule has 0 spiro atoms. The molecule has 0 bridgehead atoms. The lowest BCUT2D eigenvalue weighted by Gasteiger charge is -2.23. The molecule has 1 atom stereocenters. The molecular weight excluding hydrogens is 234 g/mol. The zero-order valence-corrected chi connectivity index (χ0v) is 11.1. The average Bonchev–Trinajstić information content (AvgIpc) is 2.38. The maximum Gasteiger partial charge on any atom is 0.137 e. The van der Waals surface area contributed by atoms with Crippen LogP contribution in [0.15, 0.2) is 18.2 Å². The second kappa shape index (κ2) is 6.27. The Balaban J connectivity index is 1.87. The van der Waals surface area contributed by atoms with E-state index in [1.807, 2.05) is 12.1 Å². The molecule has 1 N–H and O–H groups in total. The van der Waals surface area contributed by atoms with Crippen molar-refractivity contribution in [3.63, 3.8) is 0 Å². The molecule has 0 amide bonds. The number of methoxy groups -OCH3 is 1. The van der Waals surface area contributed by atoms with Crippen molar-refractivity contribution in [1.29, 1.82) is 0 Å². The standard InChI is InChI=1S/C14H20ClNO/c1-17-14-8-6-11(10-13(14)15)5-7-12-4-2-3-9-16-12/h6,8,10,12,16H,2-5,7,9H2,1H3. The van der Waals surface area contributed by atoms with Gasteiger partial charge in [0.2, 0.25) is 0 Å². The molecule has 1 aromatic rings. The van der Waals surface area contributed by atoms with Gasteiger partial charge in [0.25, 0.3) is 0 Å². The Bertz CT molecular complexity index is 361. The van der Waals surface area contributed by atoms with E-state index in [2.05, 4.69) is 11.4 Å². The molecule has 1 aliphatic heterocycles. The molecular formula is C14H20ClNO. The third-order valence-electron chi connectivity index (χ3n) is 3.41. The van der Waals surface area contributed by atoms with Crippen LogP contribution in [0.1, 0.15) is 31.2 Å². The van der Waals surface area contributed by atoms with E-state index in [0.717, 1.165) is 12.2 Å². The second-order valence-corrected chi connectivity index (χ2v) is 5.06. The fourth-order valence-corrected chi connectivity index (χ4v) is 2.66. The molecule has 1 fully saturated rings. The van der Waals surface area contributed by atoms with Gasteiger partial charge in [-0.2, -0.15) is 0 Å². The zero-order chi connectivity index (χ0) is 12.1. The molecule has 1 unspecified atom stereocenters. The van der Waals surface area contributed by atoms with Crippen LogP contribution in [0.25, 0.3) is 0 Å². The van der Waals surface area contributed by atoms with Crippen molar-refractivity contribution in [3.05, 3.63) is 28.8 Å². The number of aryl methyl sites for hydroxylation is 1. The summed E-state index contributed by atoms with van der Waals surface area (Å²) in [6.45, 7) is 1.17. The molecule has 0 aromatic heterocycles. The number of benzene rings is 1. The first-order valence-corrected chi connectivity index (χ1v) is 6.73. The van der Waals surface area contributed by atoms with Crippen molar-refractivity contribution < 1.29 is 4.74 Å². The Morgan fingerprint density at radius 2 is 2.29 bits per heavy atom. The minimum Gasteiger partial charge on any atom is -0.495 e. The predicted molar refractivity (Wildman–Crippen MR) is 72.0 cm³/mol. The molecule has 0 radical (unpaired) electrons.